The highest BCUT2D eigenvalue weighted by Crippen LogP contribution is 2.36. The van der Waals surface area contributed by atoms with Gasteiger partial charge in [0.05, 0.1) is 27.4 Å². The van der Waals surface area contributed by atoms with Crippen LogP contribution in [0.4, 0.5) is 0 Å². The topological polar surface area (TPSA) is 46.2 Å². The van der Waals surface area contributed by atoms with Crippen molar-refractivity contribution in [2.24, 2.45) is 0 Å². The molecule has 0 radical (unpaired) electrons. The predicted octanol–water partition coefficient (Wildman–Crippen LogP) is 1.46. The summed E-state index contributed by atoms with van der Waals surface area (Å²) in [6, 6.07) is 5.47. The van der Waals surface area contributed by atoms with Crippen LogP contribution in [0, 0.1) is 0 Å². The number of rotatable bonds is 5. The third-order valence-corrected chi connectivity index (χ3v) is 2.44. The number of hydrogen-bond acceptors (Lipinski definition) is 5. The maximum atomic E-state index is 5.63. The molecule has 94 valence electrons. The van der Waals surface area contributed by atoms with E-state index in [4.69, 9.17) is 23.7 Å². The summed E-state index contributed by atoms with van der Waals surface area (Å²) in [4.78, 5) is 0. The lowest BCUT2D eigenvalue weighted by Gasteiger charge is -2.16. The molecule has 0 atom stereocenters. The first-order valence-electron chi connectivity index (χ1n) is 5.42. The Balaban J connectivity index is 2.06. The monoisotopic (exact) mass is 240 g/mol. The quantitative estimate of drug-likeness (QED) is 0.779. The number of benzene rings is 1. The van der Waals surface area contributed by atoms with Gasteiger partial charge in [-0.3, -0.25) is 0 Å². The summed E-state index contributed by atoms with van der Waals surface area (Å²) in [7, 11) is 3.18. The fourth-order valence-electron chi connectivity index (χ4n) is 1.61. The number of methoxy groups -OCH3 is 2. The Hall–Kier alpha value is -1.46. The summed E-state index contributed by atoms with van der Waals surface area (Å²) in [5.74, 6) is 1.82. The van der Waals surface area contributed by atoms with E-state index in [1.165, 1.54) is 0 Å². The van der Waals surface area contributed by atoms with Crippen molar-refractivity contribution < 1.29 is 23.7 Å². The molecule has 5 nitrogen and oxygen atoms in total. The highest BCUT2D eigenvalue weighted by Gasteiger charge is 2.19. The third kappa shape index (κ3) is 2.81. The normalized spacial score (nSPS) is 15.9. The Kier molecular flexibility index (Phi) is 4.06. The molecule has 0 spiro atoms. The number of para-hydroxylation sites is 1. The van der Waals surface area contributed by atoms with Crippen LogP contribution in [0.25, 0.3) is 0 Å². The minimum atomic E-state index is -0.315. The molecule has 0 N–H and O–H groups in total. The molecule has 1 heterocycles. The molecule has 5 heteroatoms. The van der Waals surface area contributed by atoms with Crippen LogP contribution < -0.4 is 14.2 Å². The lowest BCUT2D eigenvalue weighted by atomic mass is 10.3. The fourth-order valence-corrected chi connectivity index (χ4v) is 1.61. The second kappa shape index (κ2) is 5.75. The van der Waals surface area contributed by atoms with Crippen LogP contribution in [0.1, 0.15) is 0 Å². The summed E-state index contributed by atoms with van der Waals surface area (Å²) in [6.07, 6.45) is -0.315. The van der Waals surface area contributed by atoms with E-state index in [1.54, 1.807) is 14.2 Å². The van der Waals surface area contributed by atoms with E-state index >= 15 is 0 Å². The molecule has 0 bridgehead atoms. The van der Waals surface area contributed by atoms with Gasteiger partial charge in [-0.15, -0.1) is 0 Å². The van der Waals surface area contributed by atoms with E-state index in [-0.39, 0.29) is 6.29 Å². The molecule has 1 aromatic carbocycles. The van der Waals surface area contributed by atoms with E-state index in [0.29, 0.717) is 37.1 Å². The lowest BCUT2D eigenvalue weighted by Crippen LogP contribution is -2.18. The Morgan fingerprint density at radius 3 is 2.24 bits per heavy atom. The molecule has 17 heavy (non-hydrogen) atoms. The van der Waals surface area contributed by atoms with Crippen molar-refractivity contribution in [3.8, 4) is 17.2 Å². The first-order chi connectivity index (χ1) is 8.35. The highest BCUT2D eigenvalue weighted by atomic mass is 16.7. The van der Waals surface area contributed by atoms with Gasteiger partial charge < -0.3 is 23.7 Å². The second-order valence-corrected chi connectivity index (χ2v) is 3.47. The van der Waals surface area contributed by atoms with Crippen LogP contribution in [-0.2, 0) is 9.47 Å². The Labute approximate surface area is 100 Å². The molecule has 1 aliphatic rings. The zero-order chi connectivity index (χ0) is 12.1. The molecule has 0 saturated carbocycles. The number of hydrogen-bond donors (Lipinski definition) is 0. The molecule has 1 saturated heterocycles. The van der Waals surface area contributed by atoms with Crippen molar-refractivity contribution in [3.05, 3.63) is 18.2 Å². The maximum Gasteiger partial charge on any atom is 0.203 e. The minimum absolute atomic E-state index is 0.315. The van der Waals surface area contributed by atoms with Crippen LogP contribution in [0.5, 0.6) is 17.2 Å². The molecular formula is C12H16O5. The molecular weight excluding hydrogens is 224 g/mol. The Bertz CT molecular complexity index is 338. The van der Waals surface area contributed by atoms with Gasteiger partial charge in [-0.2, -0.15) is 0 Å². The minimum Gasteiger partial charge on any atom is -0.493 e. The van der Waals surface area contributed by atoms with E-state index in [1.807, 2.05) is 18.2 Å². The average molecular weight is 240 g/mol. The predicted molar refractivity (Wildman–Crippen MR) is 60.7 cm³/mol. The Morgan fingerprint density at radius 2 is 1.71 bits per heavy atom. The summed E-state index contributed by atoms with van der Waals surface area (Å²) >= 11 is 0. The van der Waals surface area contributed by atoms with Crippen LogP contribution >= 0.6 is 0 Å². The summed E-state index contributed by atoms with van der Waals surface area (Å²) < 4.78 is 26.7. The van der Waals surface area contributed by atoms with Crippen molar-refractivity contribution in [1.29, 1.82) is 0 Å². The fraction of sp³-hybridized carbons (Fsp3) is 0.500. The Morgan fingerprint density at radius 1 is 1.12 bits per heavy atom. The SMILES string of the molecule is COc1cccc(OC)c1OCC1OCCO1. The molecule has 0 aliphatic carbocycles. The maximum absolute atomic E-state index is 5.63. The van der Waals surface area contributed by atoms with Gasteiger partial charge in [0.15, 0.2) is 17.8 Å². The van der Waals surface area contributed by atoms with Crippen LogP contribution in [0.15, 0.2) is 18.2 Å². The molecule has 0 unspecified atom stereocenters. The van der Waals surface area contributed by atoms with E-state index in [0.717, 1.165) is 0 Å². The van der Waals surface area contributed by atoms with Gasteiger partial charge in [0.25, 0.3) is 0 Å². The lowest BCUT2D eigenvalue weighted by molar-refractivity contribution is -0.0690. The average Bonchev–Trinajstić information content (AvgIpc) is 2.88. The van der Waals surface area contributed by atoms with Gasteiger partial charge in [-0.25, -0.2) is 0 Å². The van der Waals surface area contributed by atoms with Crippen molar-refractivity contribution in [2.45, 2.75) is 6.29 Å². The first kappa shape index (κ1) is 12.0. The summed E-state index contributed by atoms with van der Waals surface area (Å²) in [6.45, 7) is 1.53. The van der Waals surface area contributed by atoms with Gasteiger partial charge in [-0.05, 0) is 12.1 Å². The summed E-state index contributed by atoms with van der Waals surface area (Å²) in [5.41, 5.74) is 0. The van der Waals surface area contributed by atoms with E-state index < -0.39 is 0 Å². The molecule has 0 aromatic heterocycles. The molecule has 1 fully saturated rings. The highest BCUT2D eigenvalue weighted by molar-refractivity contribution is 5.51. The largest absolute Gasteiger partial charge is 0.493 e. The van der Waals surface area contributed by atoms with Crippen molar-refractivity contribution in [2.75, 3.05) is 34.0 Å². The van der Waals surface area contributed by atoms with Crippen LogP contribution in [0.2, 0.25) is 0 Å². The molecule has 0 amide bonds. The zero-order valence-corrected chi connectivity index (χ0v) is 9.97. The van der Waals surface area contributed by atoms with Gasteiger partial charge >= 0.3 is 0 Å². The molecule has 1 aliphatic heterocycles. The van der Waals surface area contributed by atoms with Gasteiger partial charge in [0, 0.05) is 0 Å². The zero-order valence-electron chi connectivity index (χ0n) is 9.97. The van der Waals surface area contributed by atoms with Gasteiger partial charge in [0.1, 0.15) is 6.61 Å². The third-order valence-electron chi connectivity index (χ3n) is 2.44. The van der Waals surface area contributed by atoms with E-state index in [9.17, 15) is 0 Å². The van der Waals surface area contributed by atoms with Crippen LogP contribution in [0.3, 0.4) is 0 Å². The van der Waals surface area contributed by atoms with Crippen molar-refractivity contribution >= 4 is 0 Å². The summed E-state index contributed by atoms with van der Waals surface area (Å²) in [5, 5.41) is 0. The van der Waals surface area contributed by atoms with Gasteiger partial charge in [-0.1, -0.05) is 6.07 Å². The molecule has 2 rings (SSSR count). The number of ether oxygens (including phenoxy) is 5. The van der Waals surface area contributed by atoms with Gasteiger partial charge in [0.2, 0.25) is 5.75 Å². The standard InChI is InChI=1S/C12H16O5/c1-13-9-4-3-5-10(14-2)12(9)17-8-11-15-6-7-16-11/h3-5,11H,6-8H2,1-2H3. The van der Waals surface area contributed by atoms with Crippen molar-refractivity contribution in [3.63, 3.8) is 0 Å². The smallest absolute Gasteiger partial charge is 0.203 e. The van der Waals surface area contributed by atoms with Crippen LogP contribution in [-0.4, -0.2) is 40.3 Å². The first-order valence-corrected chi connectivity index (χ1v) is 5.42. The van der Waals surface area contributed by atoms with Crippen molar-refractivity contribution in [1.82, 2.24) is 0 Å². The van der Waals surface area contributed by atoms with E-state index in [2.05, 4.69) is 0 Å². The second-order valence-electron chi connectivity index (χ2n) is 3.47. The molecule has 1 aromatic rings.